The monoisotopic (exact) mass is 373 g/mol. The van der Waals surface area contributed by atoms with E-state index in [9.17, 15) is 14.0 Å². The molecule has 0 unspecified atom stereocenters. The van der Waals surface area contributed by atoms with Gasteiger partial charge >= 0.3 is 5.97 Å². The standard InChI is InChI=1S/C18H16FN3O3S/c1-3-14-8-9-16(26-14)15(23)10-25-18(24)17-20-11(2)22(21-17)13-6-4-12(19)5-7-13/h4-9H,3,10H2,1-2H3. The average Bonchev–Trinajstić information content (AvgIpc) is 3.27. The summed E-state index contributed by atoms with van der Waals surface area (Å²) in [7, 11) is 0. The maximum absolute atomic E-state index is 13.0. The van der Waals surface area contributed by atoms with Gasteiger partial charge in [0.15, 0.2) is 6.61 Å². The SMILES string of the molecule is CCc1ccc(C(=O)COC(=O)c2nc(C)n(-c3ccc(F)cc3)n2)s1. The number of aromatic nitrogens is 3. The highest BCUT2D eigenvalue weighted by molar-refractivity contribution is 7.14. The van der Waals surface area contributed by atoms with Crippen LogP contribution in [0.1, 0.15) is 37.9 Å². The molecule has 0 saturated carbocycles. The molecule has 1 aromatic carbocycles. The van der Waals surface area contributed by atoms with Gasteiger partial charge in [-0.15, -0.1) is 16.4 Å². The van der Waals surface area contributed by atoms with Crippen molar-refractivity contribution in [1.82, 2.24) is 14.8 Å². The lowest BCUT2D eigenvalue weighted by molar-refractivity contribution is 0.0463. The Hall–Kier alpha value is -2.87. The quantitative estimate of drug-likeness (QED) is 0.489. The van der Waals surface area contributed by atoms with Crippen molar-refractivity contribution in [2.24, 2.45) is 0 Å². The maximum Gasteiger partial charge on any atom is 0.378 e. The van der Waals surface area contributed by atoms with Crippen LogP contribution in [-0.4, -0.2) is 33.1 Å². The molecule has 6 nitrogen and oxygen atoms in total. The van der Waals surface area contributed by atoms with E-state index in [1.807, 2.05) is 13.0 Å². The number of rotatable bonds is 6. The minimum atomic E-state index is -0.783. The third-order valence-corrected chi connectivity index (χ3v) is 4.91. The van der Waals surface area contributed by atoms with Gasteiger partial charge in [-0.1, -0.05) is 6.92 Å². The second kappa shape index (κ2) is 7.57. The lowest BCUT2D eigenvalue weighted by Gasteiger charge is -2.02. The highest BCUT2D eigenvalue weighted by Crippen LogP contribution is 2.17. The summed E-state index contributed by atoms with van der Waals surface area (Å²) in [5, 5.41) is 4.08. The third kappa shape index (κ3) is 3.85. The number of ketones is 1. The number of esters is 1. The van der Waals surface area contributed by atoms with Crippen LogP contribution in [0.15, 0.2) is 36.4 Å². The molecule has 0 radical (unpaired) electrons. The smallest absolute Gasteiger partial charge is 0.378 e. The molecule has 0 saturated heterocycles. The zero-order valence-corrected chi connectivity index (χ0v) is 15.0. The van der Waals surface area contributed by atoms with Crippen LogP contribution < -0.4 is 0 Å². The molecule has 0 aliphatic heterocycles. The van der Waals surface area contributed by atoms with Crippen LogP contribution in [0.2, 0.25) is 0 Å². The van der Waals surface area contributed by atoms with Gasteiger partial charge in [-0.05, 0) is 49.7 Å². The predicted octanol–water partition coefficient (Wildman–Crippen LogP) is 3.38. The van der Waals surface area contributed by atoms with Crippen molar-refractivity contribution in [3.8, 4) is 5.69 Å². The van der Waals surface area contributed by atoms with Crippen LogP contribution >= 0.6 is 11.3 Å². The molecule has 26 heavy (non-hydrogen) atoms. The normalized spacial score (nSPS) is 10.7. The number of Topliss-reactive ketones (excluding diaryl/α,β-unsaturated/α-hetero) is 1. The van der Waals surface area contributed by atoms with Crippen molar-refractivity contribution < 1.29 is 18.7 Å². The second-order valence-corrected chi connectivity index (χ2v) is 6.66. The molecule has 0 bridgehead atoms. The molecule has 134 valence electrons. The molecule has 2 aromatic heterocycles. The molecule has 8 heteroatoms. The number of carbonyl (C=O) groups excluding carboxylic acids is 2. The van der Waals surface area contributed by atoms with E-state index in [2.05, 4.69) is 10.1 Å². The summed E-state index contributed by atoms with van der Waals surface area (Å²) in [6.07, 6.45) is 0.849. The Balaban J connectivity index is 1.67. The van der Waals surface area contributed by atoms with Gasteiger partial charge in [0.2, 0.25) is 5.78 Å². The van der Waals surface area contributed by atoms with Crippen molar-refractivity contribution in [3.05, 3.63) is 63.6 Å². The van der Waals surface area contributed by atoms with Crippen molar-refractivity contribution in [2.45, 2.75) is 20.3 Å². The van der Waals surface area contributed by atoms with Gasteiger partial charge in [-0.2, -0.15) is 0 Å². The summed E-state index contributed by atoms with van der Waals surface area (Å²) >= 11 is 1.39. The largest absolute Gasteiger partial charge is 0.451 e. The number of halogens is 1. The van der Waals surface area contributed by atoms with Gasteiger partial charge < -0.3 is 4.74 Å². The van der Waals surface area contributed by atoms with Crippen LogP contribution in [0.4, 0.5) is 4.39 Å². The first-order valence-corrected chi connectivity index (χ1v) is 8.78. The van der Waals surface area contributed by atoms with E-state index in [0.717, 1.165) is 11.3 Å². The summed E-state index contributed by atoms with van der Waals surface area (Å²) in [6, 6.07) is 9.24. The van der Waals surface area contributed by atoms with Gasteiger partial charge in [0, 0.05) is 4.88 Å². The molecule has 0 amide bonds. The van der Waals surface area contributed by atoms with Crippen LogP contribution in [0.25, 0.3) is 5.69 Å². The van der Waals surface area contributed by atoms with E-state index < -0.39 is 5.97 Å². The van der Waals surface area contributed by atoms with Crippen molar-refractivity contribution in [2.75, 3.05) is 6.61 Å². The molecule has 0 aliphatic carbocycles. The van der Waals surface area contributed by atoms with Crippen molar-refractivity contribution in [1.29, 1.82) is 0 Å². The molecule has 3 rings (SSSR count). The van der Waals surface area contributed by atoms with Gasteiger partial charge in [-0.3, -0.25) is 4.79 Å². The van der Waals surface area contributed by atoms with Crippen molar-refractivity contribution in [3.63, 3.8) is 0 Å². The summed E-state index contributed by atoms with van der Waals surface area (Å²) in [5.74, 6) is -1.13. The van der Waals surface area contributed by atoms with Crippen LogP contribution in [-0.2, 0) is 11.2 Å². The first-order chi connectivity index (χ1) is 12.5. The first kappa shape index (κ1) is 17.9. The Kier molecular flexibility index (Phi) is 5.22. The Labute approximate surface area is 153 Å². The molecule has 0 atom stereocenters. The Morgan fingerprint density at radius 1 is 1.19 bits per heavy atom. The highest BCUT2D eigenvalue weighted by Gasteiger charge is 2.19. The average molecular weight is 373 g/mol. The number of nitrogens with zero attached hydrogens (tertiary/aromatic N) is 3. The molecule has 0 N–H and O–H groups in total. The molecule has 0 fully saturated rings. The van der Waals surface area contributed by atoms with E-state index >= 15 is 0 Å². The molecule has 2 heterocycles. The molecule has 0 aliphatic rings. The zero-order valence-electron chi connectivity index (χ0n) is 14.2. The lowest BCUT2D eigenvalue weighted by Crippen LogP contribution is -2.15. The Morgan fingerprint density at radius 3 is 2.58 bits per heavy atom. The number of thiophene rings is 1. The fourth-order valence-corrected chi connectivity index (χ4v) is 3.16. The fourth-order valence-electron chi connectivity index (χ4n) is 2.29. The second-order valence-electron chi connectivity index (χ2n) is 5.49. The highest BCUT2D eigenvalue weighted by atomic mass is 32.1. The van der Waals surface area contributed by atoms with Gasteiger partial charge in [-0.25, -0.2) is 18.9 Å². The zero-order chi connectivity index (χ0) is 18.7. The van der Waals surface area contributed by atoms with E-state index in [-0.39, 0.29) is 24.0 Å². The van der Waals surface area contributed by atoms with E-state index in [4.69, 9.17) is 4.74 Å². The molecular formula is C18H16FN3O3S. The molecule has 3 aromatic rings. The summed E-state index contributed by atoms with van der Waals surface area (Å²) in [5.41, 5.74) is 0.567. The van der Waals surface area contributed by atoms with E-state index in [1.165, 1.54) is 40.3 Å². The number of hydrogen-bond donors (Lipinski definition) is 0. The Bertz CT molecular complexity index is 947. The van der Waals surface area contributed by atoms with E-state index in [0.29, 0.717) is 16.4 Å². The molecule has 0 spiro atoms. The van der Waals surface area contributed by atoms with E-state index in [1.54, 1.807) is 13.0 Å². The number of aryl methyl sites for hydroxylation is 2. The third-order valence-electron chi connectivity index (χ3n) is 3.64. The van der Waals surface area contributed by atoms with Gasteiger partial charge in [0.25, 0.3) is 5.82 Å². The fraction of sp³-hybridized carbons (Fsp3) is 0.222. The molecular weight excluding hydrogens is 357 g/mol. The predicted molar refractivity (Wildman–Crippen MR) is 94.4 cm³/mol. The van der Waals surface area contributed by atoms with Gasteiger partial charge in [0.05, 0.1) is 10.6 Å². The lowest BCUT2D eigenvalue weighted by atomic mass is 10.3. The van der Waals surface area contributed by atoms with Crippen molar-refractivity contribution >= 4 is 23.1 Å². The number of ether oxygens (including phenoxy) is 1. The van der Waals surface area contributed by atoms with Crippen LogP contribution in [0.5, 0.6) is 0 Å². The minimum absolute atomic E-state index is 0.153. The summed E-state index contributed by atoms with van der Waals surface area (Å²) in [6.45, 7) is 3.30. The Morgan fingerprint density at radius 2 is 1.92 bits per heavy atom. The number of carbonyl (C=O) groups is 2. The first-order valence-electron chi connectivity index (χ1n) is 7.96. The van der Waals surface area contributed by atoms with Crippen LogP contribution in [0.3, 0.4) is 0 Å². The topological polar surface area (TPSA) is 74.1 Å². The van der Waals surface area contributed by atoms with Crippen LogP contribution in [0, 0.1) is 12.7 Å². The van der Waals surface area contributed by atoms with Gasteiger partial charge in [0.1, 0.15) is 11.6 Å². The minimum Gasteiger partial charge on any atom is -0.451 e. The number of benzene rings is 1. The summed E-state index contributed by atoms with van der Waals surface area (Å²) < 4.78 is 19.5. The number of hydrogen-bond acceptors (Lipinski definition) is 6. The summed E-state index contributed by atoms with van der Waals surface area (Å²) in [4.78, 5) is 29.9. The maximum atomic E-state index is 13.0.